The third-order valence-corrected chi connectivity index (χ3v) is 6.62. The number of hydrogen-bond acceptors (Lipinski definition) is 6. The van der Waals surface area contributed by atoms with Crippen LogP contribution in [0.25, 0.3) is 11.0 Å². The molecular formula is C26H29NO6. The second kappa shape index (κ2) is 9.27. The third-order valence-electron chi connectivity index (χ3n) is 6.62. The van der Waals surface area contributed by atoms with Crippen molar-refractivity contribution >= 4 is 16.9 Å². The highest BCUT2D eigenvalue weighted by atomic mass is 16.5. The van der Waals surface area contributed by atoms with E-state index in [0.717, 1.165) is 29.7 Å². The third kappa shape index (κ3) is 4.59. The number of phenolic OH excluding ortho intramolecular Hbond substituents is 1. The molecule has 174 valence electrons. The minimum absolute atomic E-state index is 0.0357. The number of carbonyl (C=O) groups excluding carboxylic acids is 1. The lowest BCUT2D eigenvalue weighted by Crippen LogP contribution is -2.45. The van der Waals surface area contributed by atoms with E-state index in [-0.39, 0.29) is 29.1 Å². The van der Waals surface area contributed by atoms with Gasteiger partial charge in [-0.3, -0.25) is 4.79 Å². The highest BCUT2D eigenvalue weighted by Crippen LogP contribution is 2.35. The van der Waals surface area contributed by atoms with E-state index >= 15 is 0 Å². The molecule has 7 nitrogen and oxygen atoms in total. The van der Waals surface area contributed by atoms with Gasteiger partial charge < -0.3 is 24.3 Å². The van der Waals surface area contributed by atoms with E-state index in [1.807, 2.05) is 31.2 Å². The number of phenols is 1. The van der Waals surface area contributed by atoms with Crippen molar-refractivity contribution < 1.29 is 23.8 Å². The first-order valence-corrected chi connectivity index (χ1v) is 11.1. The summed E-state index contributed by atoms with van der Waals surface area (Å²) in [5.41, 5.74) is 2.23. The van der Waals surface area contributed by atoms with Crippen molar-refractivity contribution in [3.05, 3.63) is 69.1 Å². The molecule has 1 aromatic heterocycles. The number of hydrogen-bond donors (Lipinski definition) is 2. The van der Waals surface area contributed by atoms with Crippen LogP contribution in [0.15, 0.2) is 45.6 Å². The number of benzene rings is 2. The average Bonchev–Trinajstić information content (AvgIpc) is 2.80. The fourth-order valence-corrected chi connectivity index (χ4v) is 4.63. The van der Waals surface area contributed by atoms with Gasteiger partial charge in [-0.2, -0.15) is 0 Å². The predicted molar refractivity (Wildman–Crippen MR) is 125 cm³/mol. The van der Waals surface area contributed by atoms with Crippen LogP contribution in [0.3, 0.4) is 0 Å². The van der Waals surface area contributed by atoms with Crippen molar-refractivity contribution in [3.8, 4) is 11.5 Å². The molecule has 0 spiro atoms. The molecule has 1 aliphatic heterocycles. The number of aryl methyl sites for hydroxylation is 2. The minimum atomic E-state index is -0.559. The molecule has 1 saturated heterocycles. The van der Waals surface area contributed by atoms with E-state index in [9.17, 15) is 14.7 Å². The first-order chi connectivity index (χ1) is 15.8. The van der Waals surface area contributed by atoms with Crippen molar-refractivity contribution in [2.45, 2.75) is 38.5 Å². The molecule has 0 atom stereocenters. The Bertz CT molecular complexity index is 1220. The number of nitrogens with one attached hydrogen (secondary N) is 1. The van der Waals surface area contributed by atoms with Crippen LogP contribution < -0.4 is 15.7 Å². The Hall–Kier alpha value is -3.32. The van der Waals surface area contributed by atoms with Crippen LogP contribution >= 0.6 is 0 Å². The molecule has 1 amide bonds. The van der Waals surface area contributed by atoms with Gasteiger partial charge >= 0.3 is 5.63 Å². The molecule has 0 bridgehead atoms. The van der Waals surface area contributed by atoms with E-state index in [2.05, 4.69) is 5.32 Å². The van der Waals surface area contributed by atoms with Gasteiger partial charge in [-0.05, 0) is 67.6 Å². The standard InChI is InChI=1S/C26H29NO6/c1-16-12-21(28)24-17(2)20(25(30)33-22(24)13-16)14-23(29)27-15-26(8-10-32-11-9-26)18-4-6-19(31-3)7-5-18/h4-7,12-13,28H,8-11,14-15H2,1-3H3,(H,27,29). The van der Waals surface area contributed by atoms with Crippen LogP contribution in [0.5, 0.6) is 11.5 Å². The molecule has 4 rings (SSSR count). The van der Waals surface area contributed by atoms with Crippen molar-refractivity contribution in [3.63, 3.8) is 0 Å². The summed E-state index contributed by atoms with van der Waals surface area (Å²) in [5, 5.41) is 13.9. The summed E-state index contributed by atoms with van der Waals surface area (Å²) in [7, 11) is 1.63. The van der Waals surface area contributed by atoms with E-state index in [0.29, 0.717) is 36.3 Å². The Morgan fingerprint density at radius 3 is 2.52 bits per heavy atom. The highest BCUT2D eigenvalue weighted by Gasteiger charge is 2.35. The molecule has 0 saturated carbocycles. The summed E-state index contributed by atoms with van der Waals surface area (Å²) in [5.74, 6) is 0.547. The van der Waals surface area contributed by atoms with Gasteiger partial charge in [-0.25, -0.2) is 4.79 Å². The van der Waals surface area contributed by atoms with E-state index in [4.69, 9.17) is 13.9 Å². The normalized spacial score (nSPS) is 15.4. The van der Waals surface area contributed by atoms with Crippen molar-refractivity contribution in [2.75, 3.05) is 26.9 Å². The number of fused-ring (bicyclic) bond motifs is 1. The van der Waals surface area contributed by atoms with E-state index in [1.165, 1.54) is 0 Å². The molecule has 2 heterocycles. The Kier molecular flexibility index (Phi) is 6.42. The molecule has 33 heavy (non-hydrogen) atoms. The van der Waals surface area contributed by atoms with Gasteiger partial charge in [-0.15, -0.1) is 0 Å². The number of carbonyl (C=O) groups is 1. The SMILES string of the molecule is COc1ccc(C2(CNC(=O)Cc3c(C)c4c(O)cc(C)cc4oc3=O)CCOCC2)cc1. The zero-order chi connectivity index (χ0) is 23.6. The second-order valence-corrected chi connectivity index (χ2v) is 8.72. The lowest BCUT2D eigenvalue weighted by Gasteiger charge is -2.38. The maximum atomic E-state index is 12.9. The molecule has 2 N–H and O–H groups in total. The van der Waals surface area contributed by atoms with Crippen LogP contribution in [0.2, 0.25) is 0 Å². The van der Waals surface area contributed by atoms with Gasteiger partial charge in [0.1, 0.15) is 17.1 Å². The van der Waals surface area contributed by atoms with Crippen LogP contribution in [0.4, 0.5) is 0 Å². The van der Waals surface area contributed by atoms with Gasteiger partial charge in [0.15, 0.2) is 0 Å². The largest absolute Gasteiger partial charge is 0.507 e. The molecule has 1 fully saturated rings. The van der Waals surface area contributed by atoms with Crippen molar-refractivity contribution in [1.29, 1.82) is 0 Å². The van der Waals surface area contributed by atoms with Crippen LogP contribution in [0.1, 0.15) is 35.1 Å². The van der Waals surface area contributed by atoms with Crippen molar-refractivity contribution in [1.82, 2.24) is 5.32 Å². The zero-order valence-corrected chi connectivity index (χ0v) is 19.2. The smallest absolute Gasteiger partial charge is 0.340 e. The molecule has 1 aliphatic rings. The first kappa shape index (κ1) is 22.9. The molecule has 0 aliphatic carbocycles. The van der Waals surface area contributed by atoms with Gasteiger partial charge in [0.2, 0.25) is 5.91 Å². The maximum Gasteiger partial charge on any atom is 0.340 e. The van der Waals surface area contributed by atoms with Crippen LogP contribution in [-0.4, -0.2) is 37.9 Å². The first-order valence-electron chi connectivity index (χ1n) is 11.1. The second-order valence-electron chi connectivity index (χ2n) is 8.72. The maximum absolute atomic E-state index is 12.9. The highest BCUT2D eigenvalue weighted by molar-refractivity contribution is 5.89. The van der Waals surface area contributed by atoms with Gasteiger partial charge in [0.05, 0.1) is 24.5 Å². The Morgan fingerprint density at radius 2 is 1.85 bits per heavy atom. The fourth-order valence-electron chi connectivity index (χ4n) is 4.63. The van der Waals surface area contributed by atoms with Gasteiger partial charge in [-0.1, -0.05) is 12.1 Å². The topological polar surface area (TPSA) is 98.0 Å². The van der Waals surface area contributed by atoms with Crippen LogP contribution in [0, 0.1) is 13.8 Å². The van der Waals surface area contributed by atoms with E-state index < -0.39 is 5.63 Å². The molecule has 0 unspecified atom stereocenters. The van der Waals surface area contributed by atoms with E-state index in [1.54, 1.807) is 26.2 Å². The molecule has 7 heteroatoms. The fraction of sp³-hybridized carbons (Fsp3) is 0.385. The average molecular weight is 452 g/mol. The summed E-state index contributed by atoms with van der Waals surface area (Å²) in [4.78, 5) is 25.5. The lowest BCUT2D eigenvalue weighted by molar-refractivity contribution is -0.121. The summed E-state index contributed by atoms with van der Waals surface area (Å²) in [6, 6.07) is 11.2. The summed E-state index contributed by atoms with van der Waals surface area (Å²) < 4.78 is 16.3. The predicted octanol–water partition coefficient (Wildman–Crippen LogP) is 3.53. The zero-order valence-electron chi connectivity index (χ0n) is 19.2. The van der Waals surface area contributed by atoms with Crippen LogP contribution in [-0.2, 0) is 21.4 Å². The quantitative estimate of drug-likeness (QED) is 0.557. The lowest BCUT2D eigenvalue weighted by atomic mass is 9.74. The van der Waals surface area contributed by atoms with Gasteiger partial charge in [0, 0.05) is 25.2 Å². The Balaban J connectivity index is 1.55. The number of amides is 1. The van der Waals surface area contributed by atoms with Crippen molar-refractivity contribution in [2.24, 2.45) is 0 Å². The minimum Gasteiger partial charge on any atom is -0.507 e. The molecular weight excluding hydrogens is 422 g/mol. The molecule has 3 aromatic rings. The number of aromatic hydroxyl groups is 1. The molecule has 2 aromatic carbocycles. The summed E-state index contributed by atoms with van der Waals surface area (Å²) >= 11 is 0. The number of methoxy groups -OCH3 is 1. The number of ether oxygens (including phenoxy) is 2. The summed E-state index contributed by atoms with van der Waals surface area (Å²) in [6.45, 7) is 5.21. The summed E-state index contributed by atoms with van der Waals surface area (Å²) in [6.07, 6.45) is 1.45. The monoisotopic (exact) mass is 451 g/mol. The Labute approximate surface area is 192 Å². The van der Waals surface area contributed by atoms with Gasteiger partial charge in [0.25, 0.3) is 0 Å². The number of rotatable bonds is 6. The molecule has 0 radical (unpaired) electrons. The Morgan fingerprint density at radius 1 is 1.15 bits per heavy atom.